The van der Waals surface area contributed by atoms with E-state index in [1.165, 1.54) is 21.9 Å². The molecule has 1 aromatic heterocycles. The summed E-state index contributed by atoms with van der Waals surface area (Å²) in [6.07, 6.45) is 0. The Bertz CT molecular complexity index is 2660. The summed E-state index contributed by atoms with van der Waals surface area (Å²) < 4.78 is 6.55. The van der Waals surface area contributed by atoms with E-state index in [2.05, 4.69) is 146 Å². The molecule has 228 valence electrons. The summed E-state index contributed by atoms with van der Waals surface area (Å²) >= 11 is 0. The van der Waals surface area contributed by atoms with E-state index in [-0.39, 0.29) is 0 Å². The molecular weight excluding hydrogens is 599 g/mol. The van der Waals surface area contributed by atoms with Crippen LogP contribution in [-0.4, -0.2) is 15.0 Å². The lowest BCUT2D eigenvalue weighted by atomic mass is 9.90. The maximum Gasteiger partial charge on any atom is 0.164 e. The lowest BCUT2D eigenvalue weighted by Gasteiger charge is -2.23. The zero-order chi connectivity index (χ0) is 32.3. The second kappa shape index (κ2) is 11.0. The van der Waals surface area contributed by atoms with E-state index >= 15 is 0 Å². The van der Waals surface area contributed by atoms with Gasteiger partial charge >= 0.3 is 0 Å². The average molecular weight is 626 g/mol. The first kappa shape index (κ1) is 27.5. The summed E-state index contributed by atoms with van der Waals surface area (Å²) in [5, 5.41) is 6.90. The van der Waals surface area contributed by atoms with E-state index in [1.807, 2.05) is 18.2 Å². The Kier molecular flexibility index (Phi) is 6.15. The second-order valence-electron chi connectivity index (χ2n) is 12.4. The lowest BCUT2D eigenvalue weighted by molar-refractivity contribution is 0.487. The Morgan fingerprint density at radius 1 is 0.327 bits per heavy atom. The molecule has 0 fully saturated rings. The smallest absolute Gasteiger partial charge is 0.164 e. The summed E-state index contributed by atoms with van der Waals surface area (Å²) in [6, 6.07) is 57.0. The van der Waals surface area contributed by atoms with Crippen LogP contribution >= 0.6 is 0 Å². The summed E-state index contributed by atoms with van der Waals surface area (Å²) in [4.78, 5) is 15.3. The number of hydrogen-bond acceptors (Lipinski definition) is 4. The molecule has 0 atom stereocenters. The highest BCUT2D eigenvalue weighted by molar-refractivity contribution is 6.10. The SMILES string of the molecule is c1ccc(-c2ccc3c4c(cccc24)-c2cc(-c4nc(-c5ccc6ccccc6c5)nc(-c5ccc6ccccc6c5)n4)ccc2O3)cc1. The van der Waals surface area contributed by atoms with Gasteiger partial charge in [-0.15, -0.1) is 0 Å². The molecule has 49 heavy (non-hydrogen) atoms. The van der Waals surface area contributed by atoms with Gasteiger partial charge in [0.15, 0.2) is 17.5 Å². The maximum atomic E-state index is 6.55. The van der Waals surface area contributed by atoms with Crippen LogP contribution in [0.2, 0.25) is 0 Å². The molecule has 0 spiro atoms. The zero-order valence-corrected chi connectivity index (χ0v) is 26.3. The summed E-state index contributed by atoms with van der Waals surface area (Å²) in [7, 11) is 0. The van der Waals surface area contributed by atoms with Gasteiger partial charge in [-0.05, 0) is 80.0 Å². The quantitative estimate of drug-likeness (QED) is 0.195. The number of ether oxygens (including phenoxy) is 1. The average Bonchev–Trinajstić information content (AvgIpc) is 3.18. The van der Waals surface area contributed by atoms with Crippen LogP contribution in [0.4, 0.5) is 0 Å². The molecule has 8 aromatic carbocycles. The fraction of sp³-hybridized carbons (Fsp3) is 0. The van der Waals surface area contributed by atoms with E-state index in [4.69, 9.17) is 19.7 Å². The number of fused-ring (bicyclic) bond motifs is 4. The second-order valence-corrected chi connectivity index (χ2v) is 12.4. The zero-order valence-electron chi connectivity index (χ0n) is 26.3. The van der Waals surface area contributed by atoms with Crippen molar-refractivity contribution >= 4 is 32.3 Å². The number of rotatable bonds is 4. The molecule has 0 N–H and O–H groups in total. The molecule has 0 bridgehead atoms. The molecule has 2 heterocycles. The standard InChI is InChI=1S/C45H27N3O/c1-2-11-30(12-3-1)36-22-24-41-42-37(36)15-8-16-38(42)39-27-35(21-23-40(39)49-41)45-47-43(33-19-17-28-9-4-6-13-31(28)25-33)46-44(48-45)34-20-18-29-10-5-7-14-32(29)26-34/h1-27H. The molecule has 1 aliphatic rings. The van der Waals surface area contributed by atoms with Gasteiger partial charge in [-0.25, -0.2) is 15.0 Å². The molecule has 0 radical (unpaired) electrons. The van der Waals surface area contributed by atoms with Gasteiger partial charge in [0.1, 0.15) is 11.5 Å². The van der Waals surface area contributed by atoms with Crippen molar-refractivity contribution in [1.82, 2.24) is 15.0 Å². The summed E-state index contributed by atoms with van der Waals surface area (Å²) in [5.74, 6) is 3.55. The fourth-order valence-electron chi connectivity index (χ4n) is 7.06. The van der Waals surface area contributed by atoms with Crippen LogP contribution in [0.1, 0.15) is 0 Å². The number of nitrogens with zero attached hydrogens (tertiary/aromatic N) is 3. The van der Waals surface area contributed by atoms with E-state index in [0.717, 1.165) is 60.9 Å². The van der Waals surface area contributed by atoms with Gasteiger partial charge in [0.25, 0.3) is 0 Å². The number of benzene rings is 8. The molecule has 1 aliphatic heterocycles. The highest BCUT2D eigenvalue weighted by Crippen LogP contribution is 2.49. The monoisotopic (exact) mass is 625 g/mol. The van der Waals surface area contributed by atoms with Crippen LogP contribution in [0.5, 0.6) is 11.5 Å². The normalized spacial score (nSPS) is 11.8. The van der Waals surface area contributed by atoms with Gasteiger partial charge < -0.3 is 4.74 Å². The Morgan fingerprint density at radius 2 is 0.878 bits per heavy atom. The molecular formula is C45H27N3O. The van der Waals surface area contributed by atoms with Crippen LogP contribution in [0.15, 0.2) is 164 Å². The van der Waals surface area contributed by atoms with Crippen molar-refractivity contribution in [2.45, 2.75) is 0 Å². The molecule has 0 saturated carbocycles. The number of aromatic nitrogens is 3. The largest absolute Gasteiger partial charge is 0.456 e. The summed E-state index contributed by atoms with van der Waals surface area (Å²) in [5.41, 5.74) is 7.29. The predicted molar refractivity (Wildman–Crippen MR) is 200 cm³/mol. The van der Waals surface area contributed by atoms with Gasteiger partial charge in [-0.3, -0.25) is 0 Å². The fourth-order valence-corrected chi connectivity index (χ4v) is 7.06. The van der Waals surface area contributed by atoms with Gasteiger partial charge in [0.05, 0.1) is 0 Å². The minimum atomic E-state index is 0.611. The maximum absolute atomic E-state index is 6.55. The minimum Gasteiger partial charge on any atom is -0.456 e. The Balaban J connectivity index is 1.16. The van der Waals surface area contributed by atoms with Crippen LogP contribution < -0.4 is 4.74 Å². The van der Waals surface area contributed by atoms with Crippen molar-refractivity contribution in [3.63, 3.8) is 0 Å². The van der Waals surface area contributed by atoms with Crippen LogP contribution in [0, 0.1) is 0 Å². The molecule has 4 heteroatoms. The summed E-state index contributed by atoms with van der Waals surface area (Å²) in [6.45, 7) is 0. The molecule has 0 amide bonds. The van der Waals surface area contributed by atoms with Crippen LogP contribution in [-0.2, 0) is 0 Å². The first-order chi connectivity index (χ1) is 24.2. The van der Waals surface area contributed by atoms with E-state index < -0.39 is 0 Å². The molecule has 0 saturated heterocycles. The van der Waals surface area contributed by atoms with Crippen LogP contribution in [0.25, 0.3) is 88.7 Å². The first-order valence-corrected chi connectivity index (χ1v) is 16.4. The van der Waals surface area contributed by atoms with E-state index in [0.29, 0.717) is 17.5 Å². The topological polar surface area (TPSA) is 47.9 Å². The first-order valence-electron chi connectivity index (χ1n) is 16.4. The Labute approximate surface area is 283 Å². The van der Waals surface area contributed by atoms with Gasteiger partial charge in [0, 0.05) is 27.6 Å². The predicted octanol–water partition coefficient (Wildman–Crippen LogP) is 11.8. The van der Waals surface area contributed by atoms with Crippen LogP contribution in [0.3, 0.4) is 0 Å². The third-order valence-corrected chi connectivity index (χ3v) is 9.49. The van der Waals surface area contributed by atoms with Crippen molar-refractivity contribution in [2.24, 2.45) is 0 Å². The van der Waals surface area contributed by atoms with E-state index in [9.17, 15) is 0 Å². The Hall–Kier alpha value is -6.65. The van der Waals surface area contributed by atoms with Crippen molar-refractivity contribution in [3.05, 3.63) is 164 Å². The van der Waals surface area contributed by atoms with Gasteiger partial charge in [0.2, 0.25) is 0 Å². The van der Waals surface area contributed by atoms with Gasteiger partial charge in [-0.2, -0.15) is 0 Å². The van der Waals surface area contributed by atoms with Crippen molar-refractivity contribution in [2.75, 3.05) is 0 Å². The minimum absolute atomic E-state index is 0.611. The third-order valence-electron chi connectivity index (χ3n) is 9.49. The van der Waals surface area contributed by atoms with Gasteiger partial charge in [-0.1, -0.05) is 127 Å². The highest BCUT2D eigenvalue weighted by atomic mass is 16.5. The molecule has 10 rings (SSSR count). The molecule has 4 nitrogen and oxygen atoms in total. The van der Waals surface area contributed by atoms with Crippen molar-refractivity contribution in [3.8, 4) is 67.9 Å². The lowest BCUT2D eigenvalue weighted by Crippen LogP contribution is -2.02. The molecule has 0 aliphatic carbocycles. The number of hydrogen-bond donors (Lipinski definition) is 0. The molecule has 9 aromatic rings. The third kappa shape index (κ3) is 4.65. The Morgan fingerprint density at radius 3 is 1.53 bits per heavy atom. The van der Waals surface area contributed by atoms with Crippen molar-refractivity contribution < 1.29 is 4.74 Å². The molecule has 0 unspecified atom stereocenters. The highest BCUT2D eigenvalue weighted by Gasteiger charge is 2.23. The van der Waals surface area contributed by atoms with E-state index in [1.54, 1.807) is 0 Å². The van der Waals surface area contributed by atoms with Crippen molar-refractivity contribution in [1.29, 1.82) is 0 Å².